The Bertz CT molecular complexity index is 531. The summed E-state index contributed by atoms with van der Waals surface area (Å²) in [6.45, 7) is 2.02. The van der Waals surface area contributed by atoms with Gasteiger partial charge >= 0.3 is 5.97 Å². The van der Waals surface area contributed by atoms with Crippen molar-refractivity contribution in [3.8, 4) is 0 Å². The van der Waals surface area contributed by atoms with Gasteiger partial charge in [-0.05, 0) is 24.1 Å². The van der Waals surface area contributed by atoms with Crippen molar-refractivity contribution in [3.63, 3.8) is 0 Å². The Morgan fingerprint density at radius 1 is 1.56 bits per heavy atom. The van der Waals surface area contributed by atoms with E-state index in [1.165, 1.54) is 5.56 Å². The number of nitrogens with one attached hydrogen (secondary N) is 1. The van der Waals surface area contributed by atoms with Crippen LogP contribution >= 0.6 is 0 Å². The fraction of sp³-hybridized carbons (Fsp3) is 0.250. The topological polar surface area (TPSA) is 79.1 Å². The molecule has 0 aliphatic heterocycles. The third-order valence-electron chi connectivity index (χ3n) is 2.68. The van der Waals surface area contributed by atoms with Crippen LogP contribution in [0.3, 0.4) is 0 Å². The molecule has 0 aliphatic carbocycles. The molecule has 4 nitrogen and oxygen atoms in total. The third kappa shape index (κ3) is 1.92. The minimum atomic E-state index is -0.971. The minimum absolute atomic E-state index is 0.346. The Hall–Kier alpha value is -1.81. The number of nitrogens with two attached hydrogens (primary N) is 1. The van der Waals surface area contributed by atoms with Crippen molar-refractivity contribution < 1.29 is 9.90 Å². The molecule has 0 bridgehead atoms. The molecule has 0 spiro atoms. The van der Waals surface area contributed by atoms with Crippen LogP contribution in [0.2, 0.25) is 0 Å². The molecule has 0 saturated heterocycles. The molecule has 1 aromatic heterocycles. The first kappa shape index (κ1) is 10.7. The van der Waals surface area contributed by atoms with E-state index in [4.69, 9.17) is 10.8 Å². The molecule has 0 radical (unpaired) electrons. The number of fused-ring (bicyclic) bond motifs is 1. The van der Waals surface area contributed by atoms with E-state index in [0.29, 0.717) is 6.42 Å². The first-order valence-electron chi connectivity index (χ1n) is 5.13. The van der Waals surface area contributed by atoms with Gasteiger partial charge in [0.25, 0.3) is 0 Å². The van der Waals surface area contributed by atoms with E-state index in [1.807, 2.05) is 31.3 Å². The summed E-state index contributed by atoms with van der Waals surface area (Å²) in [6, 6.07) is 5.18. The highest BCUT2D eigenvalue weighted by molar-refractivity contribution is 5.84. The number of carboxylic acids is 1. The molecule has 0 fully saturated rings. The van der Waals surface area contributed by atoms with Gasteiger partial charge in [0.15, 0.2) is 0 Å². The van der Waals surface area contributed by atoms with Crippen molar-refractivity contribution in [1.82, 2.24) is 4.98 Å². The molecule has 1 heterocycles. The maximum absolute atomic E-state index is 10.7. The molecule has 84 valence electrons. The van der Waals surface area contributed by atoms with Crippen LogP contribution in [-0.2, 0) is 11.2 Å². The molecule has 1 aromatic carbocycles. The number of hydrogen-bond donors (Lipinski definition) is 3. The third-order valence-corrected chi connectivity index (χ3v) is 2.68. The molecular formula is C12H14N2O2. The number of aromatic amines is 1. The SMILES string of the molecule is Cc1ccc2c(C[C@@H](N)C(=O)O)c[nH]c2c1. The van der Waals surface area contributed by atoms with Gasteiger partial charge in [-0.3, -0.25) is 4.79 Å². The molecule has 0 unspecified atom stereocenters. The number of aryl methyl sites for hydroxylation is 1. The quantitative estimate of drug-likeness (QED) is 0.729. The predicted molar refractivity (Wildman–Crippen MR) is 62.4 cm³/mol. The van der Waals surface area contributed by atoms with Crippen molar-refractivity contribution in [2.24, 2.45) is 5.73 Å². The maximum Gasteiger partial charge on any atom is 0.320 e. The number of H-pyrrole nitrogens is 1. The molecule has 0 aliphatic rings. The van der Waals surface area contributed by atoms with Crippen LogP contribution in [0.1, 0.15) is 11.1 Å². The molecule has 4 heteroatoms. The second kappa shape index (κ2) is 3.98. The average Bonchev–Trinajstić information content (AvgIpc) is 2.60. The van der Waals surface area contributed by atoms with Crippen LogP contribution in [-0.4, -0.2) is 22.1 Å². The van der Waals surface area contributed by atoms with Gasteiger partial charge < -0.3 is 15.8 Å². The first-order chi connectivity index (χ1) is 7.58. The van der Waals surface area contributed by atoms with Gasteiger partial charge in [0, 0.05) is 23.5 Å². The largest absolute Gasteiger partial charge is 0.480 e. The van der Waals surface area contributed by atoms with E-state index in [-0.39, 0.29) is 0 Å². The van der Waals surface area contributed by atoms with E-state index in [0.717, 1.165) is 16.5 Å². The summed E-state index contributed by atoms with van der Waals surface area (Å²) < 4.78 is 0. The van der Waals surface area contributed by atoms with E-state index in [1.54, 1.807) is 0 Å². The highest BCUT2D eigenvalue weighted by atomic mass is 16.4. The van der Waals surface area contributed by atoms with Crippen LogP contribution in [0, 0.1) is 6.92 Å². The van der Waals surface area contributed by atoms with Crippen LogP contribution in [0.5, 0.6) is 0 Å². The first-order valence-corrected chi connectivity index (χ1v) is 5.13. The van der Waals surface area contributed by atoms with E-state index in [9.17, 15) is 4.79 Å². The van der Waals surface area contributed by atoms with E-state index in [2.05, 4.69) is 4.98 Å². The van der Waals surface area contributed by atoms with Gasteiger partial charge in [0.1, 0.15) is 6.04 Å². The number of rotatable bonds is 3. The summed E-state index contributed by atoms with van der Waals surface area (Å²) >= 11 is 0. The molecule has 2 rings (SSSR count). The van der Waals surface area contributed by atoms with Crippen molar-refractivity contribution >= 4 is 16.9 Å². The van der Waals surface area contributed by atoms with Crippen LogP contribution in [0.4, 0.5) is 0 Å². The Balaban J connectivity index is 2.35. The summed E-state index contributed by atoms with van der Waals surface area (Å²) in [4.78, 5) is 13.8. The van der Waals surface area contributed by atoms with Gasteiger partial charge in [-0.25, -0.2) is 0 Å². The smallest absolute Gasteiger partial charge is 0.320 e. The standard InChI is InChI=1S/C12H14N2O2/c1-7-2-3-9-8(5-10(13)12(15)16)6-14-11(9)4-7/h2-4,6,10,14H,5,13H2,1H3,(H,15,16)/t10-/m1/s1. The van der Waals surface area contributed by atoms with E-state index >= 15 is 0 Å². The molecule has 4 N–H and O–H groups in total. The zero-order chi connectivity index (χ0) is 11.7. The zero-order valence-electron chi connectivity index (χ0n) is 9.03. The Morgan fingerprint density at radius 3 is 3.00 bits per heavy atom. The molecule has 0 saturated carbocycles. The summed E-state index contributed by atoms with van der Waals surface area (Å²) in [5.74, 6) is -0.971. The monoisotopic (exact) mass is 218 g/mol. The lowest BCUT2D eigenvalue weighted by molar-refractivity contribution is -0.138. The van der Waals surface area contributed by atoms with Crippen LogP contribution in [0.15, 0.2) is 24.4 Å². The molecule has 0 amide bonds. The second-order valence-corrected chi connectivity index (χ2v) is 4.01. The molecular weight excluding hydrogens is 204 g/mol. The number of carboxylic acid groups (broad SMARTS) is 1. The molecule has 2 aromatic rings. The Kier molecular flexibility index (Phi) is 2.66. The molecule has 16 heavy (non-hydrogen) atoms. The number of carbonyl (C=O) groups is 1. The van der Waals surface area contributed by atoms with Gasteiger partial charge in [0.05, 0.1) is 0 Å². The van der Waals surface area contributed by atoms with Crippen molar-refractivity contribution in [1.29, 1.82) is 0 Å². The fourth-order valence-electron chi connectivity index (χ4n) is 1.79. The van der Waals surface area contributed by atoms with Gasteiger partial charge in [-0.2, -0.15) is 0 Å². The summed E-state index contributed by atoms with van der Waals surface area (Å²) in [5.41, 5.74) is 8.65. The van der Waals surface area contributed by atoms with Gasteiger partial charge in [-0.15, -0.1) is 0 Å². The van der Waals surface area contributed by atoms with Gasteiger partial charge in [0.2, 0.25) is 0 Å². The maximum atomic E-state index is 10.7. The number of aromatic nitrogens is 1. The number of hydrogen-bond acceptors (Lipinski definition) is 2. The Labute approximate surface area is 93.1 Å². The van der Waals surface area contributed by atoms with Crippen molar-refractivity contribution in [2.45, 2.75) is 19.4 Å². The van der Waals surface area contributed by atoms with Crippen LogP contribution < -0.4 is 5.73 Å². The summed E-state index contributed by atoms with van der Waals surface area (Å²) in [7, 11) is 0. The summed E-state index contributed by atoms with van der Waals surface area (Å²) in [6.07, 6.45) is 2.17. The lowest BCUT2D eigenvalue weighted by Crippen LogP contribution is -2.32. The van der Waals surface area contributed by atoms with E-state index < -0.39 is 12.0 Å². The zero-order valence-corrected chi connectivity index (χ0v) is 9.03. The lowest BCUT2D eigenvalue weighted by Gasteiger charge is -2.04. The fourth-order valence-corrected chi connectivity index (χ4v) is 1.79. The predicted octanol–water partition coefficient (Wildman–Crippen LogP) is 1.43. The van der Waals surface area contributed by atoms with Crippen LogP contribution in [0.25, 0.3) is 10.9 Å². The Morgan fingerprint density at radius 2 is 2.31 bits per heavy atom. The highest BCUT2D eigenvalue weighted by Gasteiger charge is 2.14. The highest BCUT2D eigenvalue weighted by Crippen LogP contribution is 2.20. The van der Waals surface area contributed by atoms with Gasteiger partial charge in [-0.1, -0.05) is 12.1 Å². The molecule has 1 atom stereocenters. The normalized spacial score (nSPS) is 12.9. The second-order valence-electron chi connectivity index (χ2n) is 4.01. The number of aliphatic carboxylic acids is 1. The number of benzene rings is 1. The lowest BCUT2D eigenvalue weighted by atomic mass is 10.0. The summed E-state index contributed by atoms with van der Waals surface area (Å²) in [5, 5.41) is 9.81. The minimum Gasteiger partial charge on any atom is -0.480 e. The van der Waals surface area contributed by atoms with Crippen molar-refractivity contribution in [3.05, 3.63) is 35.5 Å². The average molecular weight is 218 g/mol. The van der Waals surface area contributed by atoms with Crippen molar-refractivity contribution in [2.75, 3.05) is 0 Å².